The number of nitrogens with zero attached hydrogens (tertiary/aromatic N) is 1. The number of hydrogen-bond acceptors (Lipinski definition) is 1. The average molecular weight is 131 g/mol. The van der Waals surface area contributed by atoms with Gasteiger partial charge in [0.15, 0.2) is 0 Å². The number of rotatable bonds is 0. The Bertz CT molecular complexity index is 69.9. The van der Waals surface area contributed by atoms with Crippen molar-refractivity contribution in [3.05, 3.63) is 0 Å². The highest BCUT2D eigenvalue weighted by atomic mass is 19.1. The summed E-state index contributed by atoms with van der Waals surface area (Å²) in [6.45, 7) is 3.78. The van der Waals surface area contributed by atoms with E-state index < -0.39 is 6.17 Å². The van der Waals surface area contributed by atoms with Gasteiger partial charge < -0.3 is 4.90 Å². The molecule has 0 amide bonds. The Labute approximate surface area is 55.8 Å². The molecule has 0 spiro atoms. The van der Waals surface area contributed by atoms with Gasteiger partial charge >= 0.3 is 0 Å². The summed E-state index contributed by atoms with van der Waals surface area (Å²) < 4.78 is 12.6. The molecule has 1 heterocycles. The first-order chi connectivity index (χ1) is 4.18. The number of halogens is 1. The van der Waals surface area contributed by atoms with Crippen LogP contribution in [-0.4, -0.2) is 31.2 Å². The number of likely N-dealkylation sites (tertiary alicyclic amines) is 1. The van der Waals surface area contributed by atoms with E-state index >= 15 is 0 Å². The van der Waals surface area contributed by atoms with Crippen molar-refractivity contribution in [1.82, 2.24) is 4.90 Å². The molecule has 2 atom stereocenters. The van der Waals surface area contributed by atoms with Crippen molar-refractivity contribution in [2.45, 2.75) is 19.5 Å². The van der Waals surface area contributed by atoms with Crippen molar-refractivity contribution in [2.75, 3.05) is 20.1 Å². The van der Waals surface area contributed by atoms with Gasteiger partial charge in [-0.25, -0.2) is 4.39 Å². The monoisotopic (exact) mass is 131 g/mol. The van der Waals surface area contributed by atoms with Crippen molar-refractivity contribution < 1.29 is 4.39 Å². The molecule has 0 N–H and O–H groups in total. The lowest BCUT2D eigenvalue weighted by molar-refractivity contribution is 0.125. The fraction of sp³-hybridized carbons (Fsp3) is 1.00. The van der Waals surface area contributed by atoms with Gasteiger partial charge in [0.1, 0.15) is 6.17 Å². The molecule has 1 aliphatic heterocycles. The van der Waals surface area contributed by atoms with Gasteiger partial charge in [0, 0.05) is 13.1 Å². The first-order valence-corrected chi connectivity index (χ1v) is 3.51. The molecule has 0 aromatic carbocycles. The Morgan fingerprint density at radius 1 is 1.44 bits per heavy atom. The maximum atomic E-state index is 12.6. The second-order valence-corrected chi connectivity index (χ2v) is 3.16. The van der Waals surface area contributed by atoms with Gasteiger partial charge in [0.25, 0.3) is 0 Å². The predicted octanol–water partition coefficient (Wildman–Crippen LogP) is 1.30. The largest absolute Gasteiger partial charge is 0.303 e. The summed E-state index contributed by atoms with van der Waals surface area (Å²) in [6, 6.07) is 0. The maximum Gasteiger partial charge on any atom is 0.113 e. The number of hydrogen-bond donors (Lipinski definition) is 0. The van der Waals surface area contributed by atoms with Gasteiger partial charge in [-0.3, -0.25) is 0 Å². The molecule has 1 nitrogen and oxygen atoms in total. The normalized spacial score (nSPS) is 39.0. The van der Waals surface area contributed by atoms with Crippen LogP contribution in [0.4, 0.5) is 4.39 Å². The van der Waals surface area contributed by atoms with Crippen LogP contribution >= 0.6 is 0 Å². The highest BCUT2D eigenvalue weighted by Crippen LogP contribution is 2.16. The Kier molecular flexibility index (Phi) is 2.06. The first-order valence-electron chi connectivity index (χ1n) is 3.51. The van der Waals surface area contributed by atoms with Gasteiger partial charge in [-0.15, -0.1) is 0 Å². The molecule has 54 valence electrons. The van der Waals surface area contributed by atoms with Gasteiger partial charge in [-0.1, -0.05) is 6.92 Å². The van der Waals surface area contributed by atoms with E-state index in [1.165, 1.54) is 0 Å². The minimum Gasteiger partial charge on any atom is -0.303 e. The standard InChI is InChI=1S/C7H14FN/c1-6-3-7(8)5-9(2)4-6/h6-7H,3-5H2,1-2H3/t6-,7+/m0/s1. The summed E-state index contributed by atoms with van der Waals surface area (Å²) in [5.41, 5.74) is 0. The molecular formula is C7H14FN. The Balaban J connectivity index is 2.34. The summed E-state index contributed by atoms with van der Waals surface area (Å²) in [5, 5.41) is 0. The molecule has 2 heteroatoms. The average Bonchev–Trinajstić information content (AvgIpc) is 1.59. The van der Waals surface area contributed by atoms with Crippen molar-refractivity contribution in [1.29, 1.82) is 0 Å². The van der Waals surface area contributed by atoms with E-state index in [4.69, 9.17) is 0 Å². The van der Waals surface area contributed by atoms with Crippen LogP contribution < -0.4 is 0 Å². The molecule has 9 heavy (non-hydrogen) atoms. The quantitative estimate of drug-likeness (QED) is 0.479. The molecule has 0 aliphatic carbocycles. The highest BCUT2D eigenvalue weighted by molar-refractivity contribution is 4.73. The van der Waals surface area contributed by atoms with Crippen molar-refractivity contribution in [3.8, 4) is 0 Å². The summed E-state index contributed by atoms with van der Waals surface area (Å²) in [4.78, 5) is 2.05. The molecule has 1 fully saturated rings. The smallest absolute Gasteiger partial charge is 0.113 e. The third-order valence-electron chi connectivity index (χ3n) is 1.79. The SMILES string of the molecule is C[C@H]1C[C@@H](F)CN(C)C1. The minimum absolute atomic E-state index is 0.541. The Morgan fingerprint density at radius 3 is 2.56 bits per heavy atom. The van der Waals surface area contributed by atoms with E-state index in [9.17, 15) is 4.39 Å². The van der Waals surface area contributed by atoms with Crippen LogP contribution in [0.2, 0.25) is 0 Å². The van der Waals surface area contributed by atoms with E-state index in [1.807, 2.05) is 7.05 Å². The molecule has 0 unspecified atom stereocenters. The zero-order valence-corrected chi connectivity index (χ0v) is 6.10. The lowest BCUT2D eigenvalue weighted by Gasteiger charge is -2.29. The fourth-order valence-corrected chi connectivity index (χ4v) is 1.53. The van der Waals surface area contributed by atoms with E-state index in [0.717, 1.165) is 13.0 Å². The van der Waals surface area contributed by atoms with E-state index in [0.29, 0.717) is 12.5 Å². The molecular weight excluding hydrogens is 117 g/mol. The van der Waals surface area contributed by atoms with Crippen molar-refractivity contribution in [2.24, 2.45) is 5.92 Å². The first kappa shape index (κ1) is 7.00. The molecule has 1 saturated heterocycles. The van der Waals surface area contributed by atoms with Crippen molar-refractivity contribution >= 4 is 0 Å². The zero-order chi connectivity index (χ0) is 6.85. The summed E-state index contributed by atoms with van der Waals surface area (Å²) in [7, 11) is 1.97. The molecule has 1 rings (SSSR count). The number of piperidine rings is 1. The molecule has 0 aromatic rings. The Hall–Kier alpha value is -0.110. The second-order valence-electron chi connectivity index (χ2n) is 3.16. The van der Waals surface area contributed by atoms with Gasteiger partial charge in [0.05, 0.1) is 0 Å². The van der Waals surface area contributed by atoms with Crippen LogP contribution in [0.5, 0.6) is 0 Å². The lowest BCUT2D eigenvalue weighted by atomic mass is 10.00. The van der Waals surface area contributed by atoms with Gasteiger partial charge in [0.2, 0.25) is 0 Å². The topological polar surface area (TPSA) is 3.24 Å². The molecule has 0 bridgehead atoms. The molecule has 0 aromatic heterocycles. The molecule has 1 aliphatic rings. The van der Waals surface area contributed by atoms with Crippen LogP contribution in [0, 0.1) is 5.92 Å². The second kappa shape index (κ2) is 2.65. The van der Waals surface area contributed by atoms with Crippen LogP contribution in [0.3, 0.4) is 0 Å². The summed E-state index contributed by atoms with van der Waals surface area (Å²) >= 11 is 0. The third-order valence-corrected chi connectivity index (χ3v) is 1.79. The number of alkyl halides is 1. The highest BCUT2D eigenvalue weighted by Gasteiger charge is 2.20. The predicted molar refractivity (Wildman–Crippen MR) is 36.2 cm³/mol. The fourth-order valence-electron chi connectivity index (χ4n) is 1.53. The molecule has 0 radical (unpaired) electrons. The molecule has 0 saturated carbocycles. The summed E-state index contributed by atoms with van der Waals surface area (Å²) in [5.74, 6) is 0.541. The van der Waals surface area contributed by atoms with Crippen LogP contribution in [0.25, 0.3) is 0 Å². The minimum atomic E-state index is -0.584. The third kappa shape index (κ3) is 1.94. The summed E-state index contributed by atoms with van der Waals surface area (Å²) in [6.07, 6.45) is 0.170. The van der Waals surface area contributed by atoms with Crippen LogP contribution in [-0.2, 0) is 0 Å². The lowest BCUT2D eigenvalue weighted by Crippen LogP contribution is -2.37. The van der Waals surface area contributed by atoms with Crippen molar-refractivity contribution in [3.63, 3.8) is 0 Å². The maximum absolute atomic E-state index is 12.6. The van der Waals surface area contributed by atoms with Gasteiger partial charge in [-0.05, 0) is 19.4 Å². The Morgan fingerprint density at radius 2 is 2.11 bits per heavy atom. The van der Waals surface area contributed by atoms with Crippen LogP contribution in [0.1, 0.15) is 13.3 Å². The van der Waals surface area contributed by atoms with E-state index in [2.05, 4.69) is 11.8 Å². The van der Waals surface area contributed by atoms with Crippen LogP contribution in [0.15, 0.2) is 0 Å². The van der Waals surface area contributed by atoms with Gasteiger partial charge in [-0.2, -0.15) is 0 Å². The van der Waals surface area contributed by atoms with E-state index in [1.54, 1.807) is 0 Å². The van der Waals surface area contributed by atoms with E-state index in [-0.39, 0.29) is 0 Å². The zero-order valence-electron chi connectivity index (χ0n) is 6.10.